The molecule has 1 heterocycles. The number of halogens is 1. The number of nitrogens with zero attached hydrogens (tertiary/aromatic N) is 2. The normalized spacial score (nSPS) is 10.1. The van der Waals surface area contributed by atoms with Crippen LogP contribution in [0.2, 0.25) is 0 Å². The van der Waals surface area contributed by atoms with Gasteiger partial charge in [-0.1, -0.05) is 0 Å². The zero-order valence-electron chi connectivity index (χ0n) is 10.0. The van der Waals surface area contributed by atoms with Gasteiger partial charge in [0.25, 0.3) is 0 Å². The Hall–Kier alpha value is -1.56. The number of alkyl halides is 1. The van der Waals surface area contributed by atoms with Gasteiger partial charge in [0.1, 0.15) is 5.88 Å². The van der Waals surface area contributed by atoms with Crippen LogP contribution in [-0.2, 0) is 18.4 Å². The summed E-state index contributed by atoms with van der Waals surface area (Å²) in [5, 5.41) is 8.90. The van der Waals surface area contributed by atoms with Crippen LogP contribution in [0.15, 0.2) is 0 Å². The fraction of sp³-hybridized carbons (Fsp3) is 0.500. The molecule has 0 saturated carbocycles. The van der Waals surface area contributed by atoms with Gasteiger partial charge in [-0.2, -0.15) is 5.10 Å². The molecule has 1 aromatic heterocycles. The fourth-order valence-electron chi connectivity index (χ4n) is 1.45. The fourth-order valence-corrected chi connectivity index (χ4v) is 1.51. The summed E-state index contributed by atoms with van der Waals surface area (Å²) < 4.78 is 1.74. The Morgan fingerprint density at radius 2 is 2.06 bits per heavy atom. The Labute approximate surface area is 104 Å². The van der Waals surface area contributed by atoms with E-state index < -0.39 is 11.9 Å². The number of nitrogens with one attached hydrogen (secondary N) is 2. The van der Waals surface area contributed by atoms with Crippen molar-refractivity contribution in [2.24, 2.45) is 7.05 Å². The summed E-state index contributed by atoms with van der Waals surface area (Å²) in [4.78, 5) is 22.1. The van der Waals surface area contributed by atoms with E-state index in [4.69, 9.17) is 11.6 Å². The summed E-state index contributed by atoms with van der Waals surface area (Å²) in [6.45, 7) is 4.11. The lowest BCUT2D eigenvalue weighted by Crippen LogP contribution is -2.39. The van der Waals surface area contributed by atoms with E-state index in [1.807, 2.05) is 20.9 Å². The first-order valence-corrected chi connectivity index (χ1v) is 5.62. The molecule has 0 unspecified atom stereocenters. The maximum absolute atomic E-state index is 11.3. The molecule has 0 aliphatic heterocycles. The van der Waals surface area contributed by atoms with Gasteiger partial charge in [0, 0.05) is 24.8 Å². The van der Waals surface area contributed by atoms with E-state index in [0.717, 1.165) is 17.0 Å². The van der Waals surface area contributed by atoms with Gasteiger partial charge in [0.2, 0.25) is 5.91 Å². The number of carbonyl (C=O) groups is 2. The molecule has 17 heavy (non-hydrogen) atoms. The van der Waals surface area contributed by atoms with Crippen molar-refractivity contribution in [2.45, 2.75) is 20.4 Å². The zero-order chi connectivity index (χ0) is 13.0. The third-order valence-corrected chi connectivity index (χ3v) is 2.70. The van der Waals surface area contributed by atoms with Gasteiger partial charge in [-0.25, -0.2) is 4.79 Å². The molecule has 0 bridgehead atoms. The van der Waals surface area contributed by atoms with E-state index in [0.29, 0.717) is 6.54 Å². The molecule has 0 fully saturated rings. The van der Waals surface area contributed by atoms with Crippen LogP contribution in [-0.4, -0.2) is 27.6 Å². The van der Waals surface area contributed by atoms with Crippen LogP contribution >= 0.6 is 11.6 Å². The van der Waals surface area contributed by atoms with Gasteiger partial charge in [-0.3, -0.25) is 14.8 Å². The minimum atomic E-state index is -0.557. The number of hydrogen-bond acceptors (Lipinski definition) is 3. The highest BCUT2D eigenvalue weighted by molar-refractivity contribution is 6.28. The summed E-state index contributed by atoms with van der Waals surface area (Å²) >= 11 is 5.26. The van der Waals surface area contributed by atoms with Crippen LogP contribution in [0.3, 0.4) is 0 Å². The molecule has 3 amide bonds. The molecule has 0 aliphatic carbocycles. The molecular weight excluding hydrogens is 244 g/mol. The molecule has 0 aliphatic rings. The Bertz CT molecular complexity index is 442. The van der Waals surface area contributed by atoms with Crippen molar-refractivity contribution in [3.8, 4) is 0 Å². The quantitative estimate of drug-likeness (QED) is 0.780. The maximum Gasteiger partial charge on any atom is 0.321 e. The molecule has 6 nitrogen and oxygen atoms in total. The van der Waals surface area contributed by atoms with E-state index in [1.54, 1.807) is 4.68 Å². The minimum absolute atomic E-state index is 0.238. The highest BCUT2D eigenvalue weighted by atomic mass is 35.5. The maximum atomic E-state index is 11.3. The van der Waals surface area contributed by atoms with Crippen molar-refractivity contribution >= 4 is 23.5 Å². The van der Waals surface area contributed by atoms with Crippen molar-refractivity contribution in [3.63, 3.8) is 0 Å². The minimum Gasteiger partial charge on any atom is -0.334 e. The molecule has 94 valence electrons. The first-order valence-electron chi connectivity index (χ1n) is 5.08. The lowest BCUT2D eigenvalue weighted by molar-refractivity contribution is -0.117. The number of imide groups is 1. The average molecular weight is 259 g/mol. The van der Waals surface area contributed by atoms with Gasteiger partial charge < -0.3 is 5.32 Å². The van der Waals surface area contributed by atoms with Crippen LogP contribution in [0.25, 0.3) is 0 Å². The van der Waals surface area contributed by atoms with E-state index in [-0.39, 0.29) is 5.88 Å². The summed E-state index contributed by atoms with van der Waals surface area (Å²) in [6, 6.07) is -0.557. The highest BCUT2D eigenvalue weighted by Gasteiger charge is 2.11. The molecule has 0 aromatic carbocycles. The predicted octanol–water partition coefficient (Wildman–Crippen LogP) is 0.602. The summed E-state index contributed by atoms with van der Waals surface area (Å²) in [6.07, 6.45) is 0. The standard InChI is InChI=1S/C10H15ClN4O2/c1-6-8(7(2)15(3)14-6)5-12-10(17)13-9(16)4-11/h4-5H2,1-3H3,(H2,12,13,16,17). The lowest BCUT2D eigenvalue weighted by atomic mass is 10.2. The molecular formula is C10H15ClN4O2. The number of aryl methyl sites for hydroxylation is 2. The number of amides is 3. The molecule has 0 atom stereocenters. The molecule has 1 aromatic rings. The number of carbonyl (C=O) groups excluding carboxylic acids is 2. The molecule has 2 N–H and O–H groups in total. The first-order chi connectivity index (χ1) is 7.95. The summed E-state index contributed by atoms with van der Waals surface area (Å²) in [5.74, 6) is -0.762. The number of rotatable bonds is 3. The SMILES string of the molecule is Cc1nn(C)c(C)c1CNC(=O)NC(=O)CCl. The Balaban J connectivity index is 2.56. The summed E-state index contributed by atoms with van der Waals surface area (Å²) in [7, 11) is 1.84. The molecule has 0 saturated heterocycles. The first kappa shape index (κ1) is 13.5. The van der Waals surface area contributed by atoms with E-state index in [9.17, 15) is 9.59 Å². The average Bonchev–Trinajstić information content (AvgIpc) is 2.51. The second-order valence-corrected chi connectivity index (χ2v) is 3.90. The van der Waals surface area contributed by atoms with Crippen molar-refractivity contribution in [1.29, 1.82) is 0 Å². The smallest absolute Gasteiger partial charge is 0.321 e. The predicted molar refractivity (Wildman–Crippen MR) is 63.8 cm³/mol. The Morgan fingerprint density at radius 1 is 1.41 bits per heavy atom. The van der Waals surface area contributed by atoms with Crippen LogP contribution < -0.4 is 10.6 Å². The van der Waals surface area contributed by atoms with Crippen LogP contribution in [0.5, 0.6) is 0 Å². The van der Waals surface area contributed by atoms with Crippen LogP contribution in [0, 0.1) is 13.8 Å². The van der Waals surface area contributed by atoms with Gasteiger partial charge in [-0.15, -0.1) is 11.6 Å². The molecule has 7 heteroatoms. The molecule has 0 radical (unpaired) electrons. The Morgan fingerprint density at radius 3 is 2.53 bits per heavy atom. The Kier molecular flexibility index (Phi) is 4.51. The van der Waals surface area contributed by atoms with Crippen LogP contribution in [0.1, 0.15) is 17.0 Å². The zero-order valence-corrected chi connectivity index (χ0v) is 10.8. The van der Waals surface area contributed by atoms with E-state index >= 15 is 0 Å². The second kappa shape index (κ2) is 5.67. The van der Waals surface area contributed by atoms with Gasteiger partial charge >= 0.3 is 6.03 Å². The molecule has 1 rings (SSSR count). The van der Waals surface area contributed by atoms with Crippen molar-refractivity contribution < 1.29 is 9.59 Å². The number of aromatic nitrogens is 2. The number of hydrogen-bond donors (Lipinski definition) is 2. The highest BCUT2D eigenvalue weighted by Crippen LogP contribution is 2.10. The molecule has 0 spiro atoms. The van der Waals surface area contributed by atoms with E-state index in [1.165, 1.54) is 0 Å². The monoisotopic (exact) mass is 258 g/mol. The van der Waals surface area contributed by atoms with Crippen LogP contribution in [0.4, 0.5) is 4.79 Å². The van der Waals surface area contributed by atoms with Crippen molar-refractivity contribution in [2.75, 3.05) is 5.88 Å². The topological polar surface area (TPSA) is 76.0 Å². The van der Waals surface area contributed by atoms with Crippen molar-refractivity contribution in [1.82, 2.24) is 20.4 Å². The van der Waals surface area contributed by atoms with E-state index in [2.05, 4.69) is 15.7 Å². The largest absolute Gasteiger partial charge is 0.334 e. The van der Waals surface area contributed by atoms with Crippen molar-refractivity contribution in [3.05, 3.63) is 17.0 Å². The van der Waals surface area contributed by atoms with Gasteiger partial charge in [0.05, 0.1) is 5.69 Å². The second-order valence-electron chi connectivity index (χ2n) is 3.64. The lowest BCUT2D eigenvalue weighted by Gasteiger charge is -2.06. The van der Waals surface area contributed by atoms with Gasteiger partial charge in [-0.05, 0) is 13.8 Å². The number of urea groups is 1. The summed E-state index contributed by atoms with van der Waals surface area (Å²) in [5.41, 5.74) is 2.78. The van der Waals surface area contributed by atoms with Gasteiger partial charge in [0.15, 0.2) is 0 Å². The third-order valence-electron chi connectivity index (χ3n) is 2.46. The third kappa shape index (κ3) is 3.45.